The van der Waals surface area contributed by atoms with Crippen LogP contribution in [-0.2, 0) is 0 Å². The number of nitrogens with one attached hydrogen (secondary N) is 1. The van der Waals surface area contributed by atoms with Crippen LogP contribution in [0.1, 0.15) is 57.6 Å². The second-order valence-electron chi connectivity index (χ2n) is 6.26. The first kappa shape index (κ1) is 16.3. The van der Waals surface area contributed by atoms with Gasteiger partial charge in [-0.3, -0.25) is 0 Å². The Bertz CT molecular complexity index is 452. The van der Waals surface area contributed by atoms with Gasteiger partial charge in [-0.1, -0.05) is 26.7 Å². The smallest absolute Gasteiger partial charge is 0.194 e. The molecule has 118 valence electrons. The number of hydrogen-bond donors (Lipinski definition) is 1. The van der Waals surface area contributed by atoms with Crippen molar-refractivity contribution in [1.29, 1.82) is 0 Å². The first-order chi connectivity index (χ1) is 10.0. The highest BCUT2D eigenvalue weighted by molar-refractivity contribution is 5.23. The van der Waals surface area contributed by atoms with E-state index in [0.29, 0.717) is 17.4 Å². The minimum absolute atomic E-state index is 0.0997. The van der Waals surface area contributed by atoms with E-state index in [2.05, 4.69) is 19.2 Å². The van der Waals surface area contributed by atoms with Crippen LogP contribution in [0.2, 0.25) is 0 Å². The van der Waals surface area contributed by atoms with Crippen LogP contribution in [0.15, 0.2) is 12.1 Å². The maximum absolute atomic E-state index is 13.5. The van der Waals surface area contributed by atoms with Crippen molar-refractivity contribution in [3.05, 3.63) is 35.1 Å². The van der Waals surface area contributed by atoms with E-state index >= 15 is 0 Å². The van der Waals surface area contributed by atoms with Gasteiger partial charge in [0.1, 0.15) is 0 Å². The SMILES string of the molecule is CCCNC(c1cc(F)c(F)c(F)c1)C1CCCC(C)C1. The molecule has 1 aliphatic rings. The molecule has 0 aliphatic heterocycles. The van der Waals surface area contributed by atoms with Gasteiger partial charge < -0.3 is 5.32 Å². The van der Waals surface area contributed by atoms with Gasteiger partial charge in [0.25, 0.3) is 0 Å². The predicted molar refractivity (Wildman–Crippen MR) is 78.5 cm³/mol. The molecule has 0 aromatic heterocycles. The van der Waals surface area contributed by atoms with Crippen LogP contribution in [0.25, 0.3) is 0 Å². The minimum Gasteiger partial charge on any atom is -0.310 e. The Morgan fingerprint density at radius 3 is 2.43 bits per heavy atom. The molecule has 0 saturated heterocycles. The van der Waals surface area contributed by atoms with Crippen molar-refractivity contribution in [2.75, 3.05) is 6.54 Å². The van der Waals surface area contributed by atoms with Crippen molar-refractivity contribution in [2.24, 2.45) is 11.8 Å². The fourth-order valence-corrected chi connectivity index (χ4v) is 3.39. The molecule has 2 rings (SSSR count). The lowest BCUT2D eigenvalue weighted by molar-refractivity contribution is 0.223. The standard InChI is InChI=1S/C17H24F3N/c1-3-7-21-17(12-6-4-5-11(2)8-12)13-9-14(18)16(20)15(19)10-13/h9-12,17,21H,3-8H2,1-2H3. The molecular weight excluding hydrogens is 275 g/mol. The Labute approximate surface area is 124 Å². The minimum atomic E-state index is -1.38. The van der Waals surface area contributed by atoms with Crippen molar-refractivity contribution in [3.8, 4) is 0 Å². The molecule has 4 heteroatoms. The van der Waals surface area contributed by atoms with Crippen LogP contribution in [-0.4, -0.2) is 6.54 Å². The van der Waals surface area contributed by atoms with Gasteiger partial charge in [0.2, 0.25) is 0 Å². The maximum atomic E-state index is 13.5. The van der Waals surface area contributed by atoms with Gasteiger partial charge in [-0.05, 0) is 55.3 Å². The summed E-state index contributed by atoms with van der Waals surface area (Å²) in [7, 11) is 0. The summed E-state index contributed by atoms with van der Waals surface area (Å²) >= 11 is 0. The Morgan fingerprint density at radius 1 is 1.19 bits per heavy atom. The summed E-state index contributed by atoms with van der Waals surface area (Å²) in [6.45, 7) is 5.06. The van der Waals surface area contributed by atoms with Crippen LogP contribution in [0, 0.1) is 29.3 Å². The lowest BCUT2D eigenvalue weighted by Crippen LogP contribution is -2.32. The Morgan fingerprint density at radius 2 is 1.86 bits per heavy atom. The van der Waals surface area contributed by atoms with Crippen molar-refractivity contribution in [2.45, 2.75) is 52.0 Å². The average molecular weight is 299 g/mol. The number of hydrogen-bond acceptors (Lipinski definition) is 1. The van der Waals surface area contributed by atoms with E-state index in [9.17, 15) is 13.2 Å². The molecule has 0 spiro atoms. The molecule has 3 atom stereocenters. The van der Waals surface area contributed by atoms with Gasteiger partial charge >= 0.3 is 0 Å². The van der Waals surface area contributed by atoms with E-state index in [4.69, 9.17) is 0 Å². The topological polar surface area (TPSA) is 12.0 Å². The zero-order valence-electron chi connectivity index (χ0n) is 12.8. The zero-order chi connectivity index (χ0) is 15.4. The number of halogens is 3. The van der Waals surface area contributed by atoms with Gasteiger partial charge in [0.05, 0.1) is 0 Å². The van der Waals surface area contributed by atoms with Gasteiger partial charge in [0, 0.05) is 6.04 Å². The van der Waals surface area contributed by atoms with Crippen molar-refractivity contribution >= 4 is 0 Å². The number of rotatable bonds is 5. The molecule has 21 heavy (non-hydrogen) atoms. The zero-order valence-corrected chi connectivity index (χ0v) is 12.8. The highest BCUT2D eigenvalue weighted by atomic mass is 19.2. The summed E-state index contributed by atoms with van der Waals surface area (Å²) in [6.07, 6.45) is 5.39. The van der Waals surface area contributed by atoms with Crippen molar-refractivity contribution in [1.82, 2.24) is 5.32 Å². The van der Waals surface area contributed by atoms with Crippen LogP contribution in [0.4, 0.5) is 13.2 Å². The second kappa shape index (κ2) is 7.30. The molecule has 0 bridgehead atoms. The normalized spacial score (nSPS) is 24.0. The summed E-state index contributed by atoms with van der Waals surface area (Å²) in [4.78, 5) is 0. The van der Waals surface area contributed by atoms with Gasteiger partial charge in [-0.15, -0.1) is 0 Å². The molecule has 1 nitrogen and oxygen atoms in total. The lowest BCUT2D eigenvalue weighted by Gasteiger charge is -2.34. The Hall–Kier alpha value is -1.03. The Kier molecular flexibility index (Phi) is 5.68. The summed E-state index contributed by atoms with van der Waals surface area (Å²) in [5, 5.41) is 3.39. The van der Waals surface area contributed by atoms with E-state index in [1.54, 1.807) is 0 Å². The summed E-state index contributed by atoms with van der Waals surface area (Å²) < 4.78 is 40.2. The van der Waals surface area contributed by atoms with E-state index in [-0.39, 0.29) is 6.04 Å². The molecule has 1 fully saturated rings. The first-order valence-corrected chi connectivity index (χ1v) is 7.90. The highest BCUT2D eigenvalue weighted by Gasteiger charge is 2.28. The fourth-order valence-electron chi connectivity index (χ4n) is 3.39. The molecule has 1 N–H and O–H groups in total. The quantitative estimate of drug-likeness (QED) is 0.757. The summed E-state index contributed by atoms with van der Waals surface area (Å²) in [6, 6.07) is 2.19. The van der Waals surface area contributed by atoms with E-state index in [1.807, 2.05) is 0 Å². The molecule has 0 amide bonds. The summed E-state index contributed by atoms with van der Waals surface area (Å²) in [5.41, 5.74) is 0.527. The summed E-state index contributed by atoms with van der Waals surface area (Å²) in [5.74, 6) is -2.60. The maximum Gasteiger partial charge on any atom is 0.194 e. The third kappa shape index (κ3) is 4.00. The van der Waals surface area contributed by atoms with E-state index in [0.717, 1.165) is 44.4 Å². The molecular formula is C17H24F3N. The molecule has 0 radical (unpaired) electrons. The van der Waals surface area contributed by atoms with Crippen LogP contribution in [0.5, 0.6) is 0 Å². The lowest BCUT2D eigenvalue weighted by atomic mass is 9.76. The van der Waals surface area contributed by atoms with E-state index in [1.165, 1.54) is 6.42 Å². The number of benzene rings is 1. The predicted octanol–water partition coefficient (Wildman–Crippen LogP) is 4.97. The van der Waals surface area contributed by atoms with Gasteiger partial charge in [0.15, 0.2) is 17.5 Å². The molecule has 1 saturated carbocycles. The largest absolute Gasteiger partial charge is 0.310 e. The highest BCUT2D eigenvalue weighted by Crippen LogP contribution is 2.37. The average Bonchev–Trinajstić information content (AvgIpc) is 2.45. The van der Waals surface area contributed by atoms with Gasteiger partial charge in [-0.2, -0.15) is 0 Å². The third-order valence-electron chi connectivity index (χ3n) is 4.43. The third-order valence-corrected chi connectivity index (χ3v) is 4.43. The fraction of sp³-hybridized carbons (Fsp3) is 0.647. The van der Waals surface area contributed by atoms with Crippen molar-refractivity contribution < 1.29 is 13.2 Å². The molecule has 1 aromatic carbocycles. The molecule has 0 heterocycles. The monoisotopic (exact) mass is 299 g/mol. The second-order valence-corrected chi connectivity index (χ2v) is 6.26. The van der Waals surface area contributed by atoms with Crippen molar-refractivity contribution in [3.63, 3.8) is 0 Å². The first-order valence-electron chi connectivity index (χ1n) is 7.90. The Balaban J connectivity index is 2.26. The molecule has 1 aromatic rings. The molecule has 1 aliphatic carbocycles. The van der Waals surface area contributed by atoms with Crippen LogP contribution < -0.4 is 5.32 Å². The van der Waals surface area contributed by atoms with Crippen LogP contribution >= 0.6 is 0 Å². The van der Waals surface area contributed by atoms with Gasteiger partial charge in [-0.25, -0.2) is 13.2 Å². The molecule has 3 unspecified atom stereocenters. The van der Waals surface area contributed by atoms with Crippen LogP contribution in [0.3, 0.4) is 0 Å². The van der Waals surface area contributed by atoms with E-state index < -0.39 is 17.5 Å².